The predicted octanol–water partition coefficient (Wildman–Crippen LogP) is 11.0. The van der Waals surface area contributed by atoms with E-state index in [1.807, 2.05) is 48.5 Å². The van der Waals surface area contributed by atoms with Gasteiger partial charge in [-0.2, -0.15) is 10.2 Å². The number of esters is 2. The maximum absolute atomic E-state index is 13.4. The van der Waals surface area contributed by atoms with Crippen molar-refractivity contribution in [3.05, 3.63) is 108 Å². The number of nitrogens with zero attached hydrogens (tertiary/aromatic N) is 4. The lowest BCUT2D eigenvalue weighted by atomic mass is 10.1. The molecule has 0 saturated carbocycles. The van der Waals surface area contributed by atoms with Gasteiger partial charge in [0.05, 0.1) is 48.9 Å². The van der Waals surface area contributed by atoms with E-state index in [0.717, 1.165) is 37.2 Å². The summed E-state index contributed by atoms with van der Waals surface area (Å²) in [4.78, 5) is 26.8. The van der Waals surface area contributed by atoms with Crippen LogP contribution in [0.5, 0.6) is 11.5 Å². The Kier molecular flexibility index (Phi) is 15.1. The minimum Gasteiger partial charge on any atom is -0.494 e. The molecule has 2 saturated heterocycles. The normalized spacial score (nSPS) is 19.0. The molecular formula is C44H50N4O8. The van der Waals surface area contributed by atoms with E-state index in [1.165, 1.54) is 25.7 Å². The van der Waals surface area contributed by atoms with Gasteiger partial charge in [0.2, 0.25) is 0 Å². The van der Waals surface area contributed by atoms with E-state index >= 15 is 0 Å². The Hall–Kier alpha value is -5.46. The van der Waals surface area contributed by atoms with Gasteiger partial charge in [0.1, 0.15) is 35.1 Å². The molecule has 0 unspecified atom stereocenters. The van der Waals surface area contributed by atoms with Gasteiger partial charge in [-0.05, 0) is 85.6 Å². The number of azo groups is 2. The summed E-state index contributed by atoms with van der Waals surface area (Å²) in [6.07, 6.45) is 6.47. The maximum atomic E-state index is 13.4. The van der Waals surface area contributed by atoms with E-state index in [-0.39, 0.29) is 24.3 Å². The van der Waals surface area contributed by atoms with Crippen molar-refractivity contribution in [1.29, 1.82) is 0 Å². The third-order valence-electron chi connectivity index (χ3n) is 9.48. The van der Waals surface area contributed by atoms with Crippen LogP contribution in [-0.2, 0) is 18.9 Å². The molecule has 12 nitrogen and oxygen atoms in total. The Balaban J connectivity index is 1.00. The molecule has 2 aliphatic rings. The molecular weight excluding hydrogens is 713 g/mol. The number of carbonyl (C=O) groups excluding carboxylic acids is 2. The van der Waals surface area contributed by atoms with Crippen LogP contribution in [0.25, 0.3) is 0 Å². The fourth-order valence-electron chi connectivity index (χ4n) is 6.38. The summed E-state index contributed by atoms with van der Waals surface area (Å²) in [7, 11) is 0. The maximum Gasteiger partial charge on any atom is 0.340 e. The van der Waals surface area contributed by atoms with E-state index < -0.39 is 36.4 Å². The predicted molar refractivity (Wildman–Crippen MR) is 211 cm³/mol. The minimum atomic E-state index is -0.713. The summed E-state index contributed by atoms with van der Waals surface area (Å²) in [5.74, 6) is 0.370. The fourth-order valence-corrected chi connectivity index (χ4v) is 6.38. The first-order valence-electron chi connectivity index (χ1n) is 19.6. The second-order valence-corrected chi connectivity index (χ2v) is 13.7. The smallest absolute Gasteiger partial charge is 0.340 e. The molecule has 0 N–H and O–H groups in total. The van der Waals surface area contributed by atoms with Gasteiger partial charge in [-0.3, -0.25) is 0 Å². The SMILES string of the molecule is CCCCCCOc1ccc(N=Nc2ccccc2C(=O)O[C@H]2CO[C@H]3[C@@H]2OC[C@H]3OC(=O)c2ccccc2N=Nc2ccc(OCCCCCC)cc2)cc1. The van der Waals surface area contributed by atoms with Crippen molar-refractivity contribution in [1.82, 2.24) is 0 Å². The average molecular weight is 763 g/mol. The summed E-state index contributed by atoms with van der Waals surface area (Å²) in [6, 6.07) is 28.4. The summed E-state index contributed by atoms with van der Waals surface area (Å²) in [6.45, 7) is 5.88. The first-order valence-corrected chi connectivity index (χ1v) is 19.6. The number of ether oxygens (including phenoxy) is 6. The highest BCUT2D eigenvalue weighted by Gasteiger charge is 2.51. The number of hydrogen-bond donors (Lipinski definition) is 0. The fraction of sp³-hybridized carbons (Fsp3) is 0.409. The molecule has 294 valence electrons. The van der Waals surface area contributed by atoms with Gasteiger partial charge in [0.25, 0.3) is 0 Å². The molecule has 56 heavy (non-hydrogen) atoms. The van der Waals surface area contributed by atoms with E-state index in [1.54, 1.807) is 48.5 Å². The molecule has 4 aromatic rings. The average Bonchev–Trinajstić information content (AvgIpc) is 3.82. The van der Waals surface area contributed by atoms with Crippen LogP contribution in [0.15, 0.2) is 118 Å². The van der Waals surface area contributed by atoms with Crippen molar-refractivity contribution in [2.75, 3.05) is 26.4 Å². The number of carbonyl (C=O) groups is 2. The Morgan fingerprint density at radius 2 is 0.946 bits per heavy atom. The van der Waals surface area contributed by atoms with Crippen LogP contribution in [0.4, 0.5) is 22.7 Å². The van der Waals surface area contributed by atoms with Crippen molar-refractivity contribution < 1.29 is 38.0 Å². The highest BCUT2D eigenvalue weighted by atomic mass is 16.7. The number of hydrogen-bond acceptors (Lipinski definition) is 12. The molecule has 2 fully saturated rings. The zero-order valence-electron chi connectivity index (χ0n) is 32.1. The van der Waals surface area contributed by atoms with Crippen molar-refractivity contribution >= 4 is 34.7 Å². The molecule has 0 aliphatic carbocycles. The molecule has 2 aliphatic heterocycles. The molecule has 12 heteroatoms. The van der Waals surface area contributed by atoms with Crippen molar-refractivity contribution in [3.8, 4) is 11.5 Å². The van der Waals surface area contributed by atoms with Crippen LogP contribution in [-0.4, -0.2) is 62.8 Å². The summed E-state index contributed by atoms with van der Waals surface area (Å²) < 4.78 is 35.3. The van der Waals surface area contributed by atoms with Gasteiger partial charge in [-0.1, -0.05) is 76.6 Å². The zero-order chi connectivity index (χ0) is 39.0. The van der Waals surface area contributed by atoms with Crippen LogP contribution < -0.4 is 9.47 Å². The Morgan fingerprint density at radius 1 is 0.536 bits per heavy atom. The summed E-state index contributed by atoms with van der Waals surface area (Å²) in [5, 5.41) is 17.3. The standard InChI is InChI=1S/C44H50N4O8/c1-3-5-7-13-27-51-33-23-19-31(20-24-33)45-47-37-17-11-9-15-35(37)43(49)55-39-29-53-42-40(30-54-41(39)42)56-44(50)36-16-10-12-18-38(36)48-46-32-21-25-34(26-22-32)52-28-14-8-6-4-2/h9-12,15-26,39-42H,3-8,13-14,27-30H2,1-2H3/t39-,40+,41-,42-/m1/s1. The number of fused-ring (bicyclic) bond motifs is 1. The third-order valence-corrected chi connectivity index (χ3v) is 9.48. The lowest BCUT2D eigenvalue weighted by Gasteiger charge is -2.18. The highest BCUT2D eigenvalue weighted by molar-refractivity contribution is 5.95. The van der Waals surface area contributed by atoms with Gasteiger partial charge in [-0.15, -0.1) is 10.2 Å². The molecule has 2 heterocycles. The van der Waals surface area contributed by atoms with Crippen LogP contribution in [0, 0.1) is 0 Å². The topological polar surface area (TPSA) is 139 Å². The molecule has 0 radical (unpaired) electrons. The highest BCUT2D eigenvalue weighted by Crippen LogP contribution is 2.34. The quantitative estimate of drug-likeness (QED) is 0.0492. The lowest BCUT2D eigenvalue weighted by Crippen LogP contribution is -2.36. The van der Waals surface area contributed by atoms with E-state index in [2.05, 4.69) is 34.3 Å². The molecule has 4 aromatic carbocycles. The second kappa shape index (κ2) is 21.0. The van der Waals surface area contributed by atoms with Gasteiger partial charge in [0.15, 0.2) is 12.2 Å². The van der Waals surface area contributed by atoms with Crippen molar-refractivity contribution in [2.24, 2.45) is 20.5 Å². The lowest BCUT2D eigenvalue weighted by molar-refractivity contribution is -0.0286. The molecule has 6 rings (SSSR count). The summed E-state index contributed by atoms with van der Waals surface area (Å²) >= 11 is 0. The number of rotatable bonds is 20. The molecule has 0 spiro atoms. The van der Waals surface area contributed by atoms with Crippen LogP contribution in [0.1, 0.15) is 85.9 Å². The Labute approximate surface area is 328 Å². The third kappa shape index (κ3) is 11.3. The van der Waals surface area contributed by atoms with Crippen LogP contribution in [0.3, 0.4) is 0 Å². The monoisotopic (exact) mass is 762 g/mol. The minimum absolute atomic E-state index is 0.0827. The summed E-state index contributed by atoms with van der Waals surface area (Å²) in [5.41, 5.74) is 2.46. The first kappa shape index (κ1) is 40.2. The second-order valence-electron chi connectivity index (χ2n) is 13.7. The number of unbranched alkanes of at least 4 members (excludes halogenated alkanes) is 6. The van der Waals surface area contributed by atoms with Crippen LogP contribution in [0.2, 0.25) is 0 Å². The van der Waals surface area contributed by atoms with Gasteiger partial charge < -0.3 is 28.4 Å². The first-order chi connectivity index (χ1) is 27.5. The molecule has 0 amide bonds. The zero-order valence-corrected chi connectivity index (χ0v) is 32.1. The van der Waals surface area contributed by atoms with Gasteiger partial charge in [0, 0.05) is 0 Å². The molecule has 4 atom stereocenters. The van der Waals surface area contributed by atoms with Crippen molar-refractivity contribution in [2.45, 2.75) is 89.6 Å². The number of benzene rings is 4. The molecule has 0 aromatic heterocycles. The van der Waals surface area contributed by atoms with E-state index in [0.29, 0.717) is 36.0 Å². The van der Waals surface area contributed by atoms with E-state index in [9.17, 15) is 9.59 Å². The largest absolute Gasteiger partial charge is 0.494 e. The Morgan fingerprint density at radius 3 is 1.36 bits per heavy atom. The van der Waals surface area contributed by atoms with Crippen molar-refractivity contribution in [3.63, 3.8) is 0 Å². The van der Waals surface area contributed by atoms with E-state index in [4.69, 9.17) is 28.4 Å². The Bertz CT molecular complexity index is 1780. The van der Waals surface area contributed by atoms with Crippen LogP contribution >= 0.6 is 0 Å². The molecule has 0 bridgehead atoms. The van der Waals surface area contributed by atoms with Gasteiger partial charge in [-0.25, -0.2) is 9.59 Å². The van der Waals surface area contributed by atoms with Gasteiger partial charge >= 0.3 is 11.9 Å².